The third kappa shape index (κ3) is 4.78. The highest BCUT2D eigenvalue weighted by atomic mass is 35.5. The molecular formula is C27H26Cl2FN5O. The first-order valence-corrected chi connectivity index (χ1v) is 12.5. The van der Waals surface area contributed by atoms with Crippen molar-refractivity contribution in [1.29, 1.82) is 0 Å². The van der Waals surface area contributed by atoms with Crippen LogP contribution in [0.3, 0.4) is 0 Å². The zero-order valence-corrected chi connectivity index (χ0v) is 21.7. The number of aromatic amines is 1. The molecular weight excluding hydrogens is 500 g/mol. The summed E-state index contributed by atoms with van der Waals surface area (Å²) in [5.74, 6) is -0.203. The number of carbonyl (C=O) groups excluding carboxylic acids is 1. The first kappa shape index (κ1) is 24.6. The van der Waals surface area contributed by atoms with Gasteiger partial charge < -0.3 is 15.2 Å². The highest BCUT2D eigenvalue weighted by molar-refractivity contribution is 6.35. The predicted molar refractivity (Wildman–Crippen MR) is 145 cm³/mol. The minimum atomic E-state index is -0.357. The lowest BCUT2D eigenvalue weighted by molar-refractivity contribution is 0.102. The van der Waals surface area contributed by atoms with Crippen LogP contribution < -0.4 is 10.2 Å². The zero-order valence-electron chi connectivity index (χ0n) is 20.1. The maximum absolute atomic E-state index is 13.6. The molecule has 2 N–H and O–H groups in total. The summed E-state index contributed by atoms with van der Waals surface area (Å²) in [4.78, 5) is 25.3. The van der Waals surface area contributed by atoms with E-state index in [1.165, 1.54) is 12.1 Å². The number of likely N-dealkylation sites (N-methyl/N-ethyl adjacent to an activating group) is 1. The van der Waals surface area contributed by atoms with E-state index in [2.05, 4.69) is 46.0 Å². The van der Waals surface area contributed by atoms with Crippen LogP contribution in [0.15, 0.2) is 54.6 Å². The summed E-state index contributed by atoms with van der Waals surface area (Å²) in [7, 11) is 2.14. The number of H-pyrrole nitrogens is 1. The van der Waals surface area contributed by atoms with Crippen molar-refractivity contribution in [3.63, 3.8) is 0 Å². The molecule has 4 aromatic rings. The SMILES string of the molecule is CC1CN(c2ccc(C(=O)Nc3ccc(Cl)c(-c4nc5ccc(F)cc5[nH]4)c3)c(Cl)c2)C[C@H](C)N1C. The smallest absolute Gasteiger partial charge is 0.257 e. The fourth-order valence-electron chi connectivity index (χ4n) is 4.59. The lowest BCUT2D eigenvalue weighted by atomic mass is 10.1. The minimum absolute atomic E-state index is 0.327. The molecule has 36 heavy (non-hydrogen) atoms. The molecule has 1 aliphatic rings. The van der Waals surface area contributed by atoms with E-state index in [0.717, 1.165) is 18.8 Å². The molecule has 1 aromatic heterocycles. The number of piperazine rings is 1. The van der Waals surface area contributed by atoms with Crippen molar-refractivity contribution in [1.82, 2.24) is 14.9 Å². The van der Waals surface area contributed by atoms with Gasteiger partial charge in [0.25, 0.3) is 5.91 Å². The summed E-state index contributed by atoms with van der Waals surface area (Å²) in [6, 6.07) is 15.8. The molecule has 0 radical (unpaired) electrons. The lowest BCUT2D eigenvalue weighted by Crippen LogP contribution is -2.55. The van der Waals surface area contributed by atoms with Crippen LogP contribution in [0.2, 0.25) is 10.0 Å². The molecule has 1 saturated heterocycles. The van der Waals surface area contributed by atoms with Gasteiger partial charge in [0.1, 0.15) is 11.6 Å². The Bertz CT molecular complexity index is 1440. The maximum Gasteiger partial charge on any atom is 0.257 e. The van der Waals surface area contributed by atoms with Crippen molar-refractivity contribution in [2.45, 2.75) is 25.9 Å². The first-order chi connectivity index (χ1) is 17.2. The molecule has 2 heterocycles. The van der Waals surface area contributed by atoms with Gasteiger partial charge in [-0.15, -0.1) is 0 Å². The summed E-state index contributed by atoms with van der Waals surface area (Å²) in [5.41, 5.74) is 3.68. The van der Waals surface area contributed by atoms with Gasteiger partial charge in [0.15, 0.2) is 0 Å². The van der Waals surface area contributed by atoms with Gasteiger partial charge in [-0.05, 0) is 75.5 Å². The van der Waals surface area contributed by atoms with Crippen molar-refractivity contribution in [2.75, 3.05) is 30.4 Å². The summed E-state index contributed by atoms with van der Waals surface area (Å²) in [6.07, 6.45) is 0. The zero-order chi connectivity index (χ0) is 25.6. The van der Waals surface area contributed by atoms with Crippen LogP contribution in [0.4, 0.5) is 15.8 Å². The molecule has 3 aromatic carbocycles. The number of aromatic nitrogens is 2. The van der Waals surface area contributed by atoms with Crippen LogP contribution in [-0.2, 0) is 0 Å². The van der Waals surface area contributed by atoms with E-state index in [0.29, 0.717) is 55.8 Å². The number of nitrogens with zero attached hydrogens (tertiary/aromatic N) is 3. The number of nitrogens with one attached hydrogen (secondary N) is 2. The molecule has 0 saturated carbocycles. The van der Waals surface area contributed by atoms with Gasteiger partial charge in [0.05, 0.1) is 26.6 Å². The Hall–Kier alpha value is -3.13. The Labute approximate surface area is 219 Å². The number of benzene rings is 3. The molecule has 0 spiro atoms. The van der Waals surface area contributed by atoms with Crippen LogP contribution in [0.5, 0.6) is 0 Å². The van der Waals surface area contributed by atoms with Crippen molar-refractivity contribution in [2.24, 2.45) is 0 Å². The van der Waals surface area contributed by atoms with Crippen LogP contribution in [0.1, 0.15) is 24.2 Å². The molecule has 2 atom stereocenters. The van der Waals surface area contributed by atoms with E-state index >= 15 is 0 Å². The van der Waals surface area contributed by atoms with Gasteiger partial charge in [-0.3, -0.25) is 9.69 Å². The summed E-state index contributed by atoms with van der Waals surface area (Å²) >= 11 is 13.0. The number of anilines is 2. The van der Waals surface area contributed by atoms with Crippen LogP contribution in [0, 0.1) is 5.82 Å². The van der Waals surface area contributed by atoms with E-state index in [9.17, 15) is 9.18 Å². The fourth-order valence-corrected chi connectivity index (χ4v) is 5.06. The number of hydrogen-bond acceptors (Lipinski definition) is 4. The highest BCUT2D eigenvalue weighted by Crippen LogP contribution is 2.32. The van der Waals surface area contributed by atoms with E-state index in [1.54, 1.807) is 30.3 Å². The number of rotatable bonds is 4. The largest absolute Gasteiger partial charge is 0.368 e. The molecule has 1 aliphatic heterocycles. The summed E-state index contributed by atoms with van der Waals surface area (Å²) in [5, 5.41) is 3.73. The maximum atomic E-state index is 13.6. The van der Waals surface area contributed by atoms with Gasteiger partial charge in [0.2, 0.25) is 0 Å². The molecule has 0 bridgehead atoms. The molecule has 1 unspecified atom stereocenters. The van der Waals surface area contributed by atoms with E-state index < -0.39 is 0 Å². The number of amides is 1. The standard InChI is InChI=1S/C27H26Cl2FN5O/c1-15-13-35(14-16(2)34(15)3)19-6-7-20(23(29)12-19)27(36)31-18-5-8-22(28)21(11-18)26-32-24-9-4-17(30)10-25(24)33-26/h4-12,15-16H,13-14H2,1-3H3,(H,31,36)(H,32,33)/t15-,16?/m0/s1. The monoisotopic (exact) mass is 525 g/mol. The van der Waals surface area contributed by atoms with Crippen molar-refractivity contribution in [3.8, 4) is 11.4 Å². The van der Waals surface area contributed by atoms with E-state index in [1.807, 2.05) is 12.1 Å². The Morgan fingerprint density at radius 3 is 2.50 bits per heavy atom. The highest BCUT2D eigenvalue weighted by Gasteiger charge is 2.27. The minimum Gasteiger partial charge on any atom is -0.368 e. The number of carbonyl (C=O) groups is 1. The number of imidazole rings is 1. The molecule has 1 amide bonds. The van der Waals surface area contributed by atoms with Gasteiger partial charge in [-0.2, -0.15) is 0 Å². The fraction of sp³-hybridized carbons (Fsp3) is 0.259. The Morgan fingerprint density at radius 2 is 1.78 bits per heavy atom. The summed E-state index contributed by atoms with van der Waals surface area (Å²) in [6.45, 7) is 6.20. The second-order valence-electron chi connectivity index (χ2n) is 9.33. The van der Waals surface area contributed by atoms with Crippen molar-refractivity contribution in [3.05, 3.63) is 76.0 Å². The van der Waals surface area contributed by atoms with Gasteiger partial charge >= 0.3 is 0 Å². The first-order valence-electron chi connectivity index (χ1n) is 11.7. The normalized spacial score (nSPS) is 18.6. The Morgan fingerprint density at radius 1 is 1.03 bits per heavy atom. The van der Waals surface area contributed by atoms with Gasteiger partial charge in [0, 0.05) is 42.1 Å². The van der Waals surface area contributed by atoms with Crippen molar-refractivity contribution >= 4 is 51.5 Å². The molecule has 1 fully saturated rings. The van der Waals surface area contributed by atoms with Gasteiger partial charge in [-0.1, -0.05) is 23.2 Å². The van der Waals surface area contributed by atoms with E-state index in [4.69, 9.17) is 23.2 Å². The van der Waals surface area contributed by atoms with Gasteiger partial charge in [-0.25, -0.2) is 9.37 Å². The number of hydrogen-bond donors (Lipinski definition) is 2. The number of halogens is 3. The lowest BCUT2D eigenvalue weighted by Gasteiger charge is -2.43. The van der Waals surface area contributed by atoms with Crippen LogP contribution in [0.25, 0.3) is 22.4 Å². The second-order valence-corrected chi connectivity index (χ2v) is 10.1. The molecule has 9 heteroatoms. The average Bonchev–Trinajstić information content (AvgIpc) is 3.26. The third-order valence-electron chi connectivity index (χ3n) is 6.85. The average molecular weight is 526 g/mol. The second kappa shape index (κ2) is 9.73. The molecule has 186 valence electrons. The van der Waals surface area contributed by atoms with Crippen LogP contribution >= 0.6 is 23.2 Å². The quantitative estimate of drug-likeness (QED) is 0.321. The molecule has 6 nitrogen and oxygen atoms in total. The van der Waals surface area contributed by atoms with E-state index in [-0.39, 0.29) is 11.7 Å². The predicted octanol–water partition coefficient (Wildman–Crippen LogP) is 6.46. The van der Waals surface area contributed by atoms with Crippen molar-refractivity contribution < 1.29 is 9.18 Å². The third-order valence-corrected chi connectivity index (χ3v) is 7.49. The van der Waals surface area contributed by atoms with Crippen LogP contribution in [-0.4, -0.2) is 53.0 Å². The molecule has 0 aliphatic carbocycles. The number of fused-ring (bicyclic) bond motifs is 1. The summed E-state index contributed by atoms with van der Waals surface area (Å²) < 4.78 is 13.6. The Balaban J connectivity index is 1.36. The topological polar surface area (TPSA) is 64.3 Å². The Kier molecular flexibility index (Phi) is 6.64. The molecule has 5 rings (SSSR count).